The molecule has 2 atom stereocenters. The summed E-state index contributed by atoms with van der Waals surface area (Å²) in [4.78, 5) is 11.0. The molecule has 0 rings (SSSR count). The first-order valence-corrected chi connectivity index (χ1v) is 7.49. The molecule has 0 spiro atoms. The lowest BCUT2D eigenvalue weighted by atomic mass is 9.99. The van der Waals surface area contributed by atoms with Gasteiger partial charge in [-0.2, -0.15) is 0 Å². The Hall–Kier alpha value is -0.380. The molecule has 6 heteroatoms. The van der Waals surface area contributed by atoms with Crippen molar-refractivity contribution >= 4 is 13.3 Å². The fourth-order valence-electron chi connectivity index (χ4n) is 1.57. The van der Waals surface area contributed by atoms with Crippen LogP contribution in [0, 0.1) is 11.8 Å². The lowest BCUT2D eigenvalue weighted by Gasteiger charge is -2.21. The van der Waals surface area contributed by atoms with E-state index in [0.717, 1.165) is 0 Å². The first-order valence-electron chi connectivity index (χ1n) is 5.50. The van der Waals surface area contributed by atoms with Gasteiger partial charge in [-0.1, -0.05) is 13.8 Å². The Morgan fingerprint density at radius 2 is 2.06 bits per heavy atom. The SMILES string of the molecule is CCOP(=O)(CN)CC(CC(C)C)C(=O)O. The third-order valence-corrected chi connectivity index (χ3v) is 4.53. The maximum absolute atomic E-state index is 12.1. The van der Waals surface area contributed by atoms with E-state index in [1.807, 2.05) is 13.8 Å². The Labute approximate surface area is 96.8 Å². The van der Waals surface area contributed by atoms with Crippen molar-refractivity contribution in [3.05, 3.63) is 0 Å². The maximum Gasteiger partial charge on any atom is 0.307 e. The summed E-state index contributed by atoms with van der Waals surface area (Å²) in [5.41, 5.74) is 5.39. The minimum atomic E-state index is -2.97. The summed E-state index contributed by atoms with van der Waals surface area (Å²) in [6.45, 7) is 5.89. The highest BCUT2D eigenvalue weighted by atomic mass is 31.2. The highest BCUT2D eigenvalue weighted by Crippen LogP contribution is 2.47. The molecule has 96 valence electrons. The monoisotopic (exact) mass is 251 g/mol. The Morgan fingerprint density at radius 3 is 2.38 bits per heavy atom. The number of hydrogen-bond acceptors (Lipinski definition) is 4. The Bertz CT molecular complexity index is 268. The van der Waals surface area contributed by atoms with Gasteiger partial charge in [-0.3, -0.25) is 9.36 Å². The summed E-state index contributed by atoms with van der Waals surface area (Å²) in [5.74, 6) is -1.32. The lowest BCUT2D eigenvalue weighted by molar-refractivity contribution is -0.141. The Balaban J connectivity index is 4.59. The molecule has 5 nitrogen and oxygen atoms in total. The van der Waals surface area contributed by atoms with Crippen LogP contribution in [0.1, 0.15) is 27.2 Å². The van der Waals surface area contributed by atoms with Gasteiger partial charge in [-0.25, -0.2) is 0 Å². The largest absolute Gasteiger partial charge is 0.481 e. The predicted molar refractivity (Wildman–Crippen MR) is 63.7 cm³/mol. The second-order valence-electron chi connectivity index (χ2n) is 4.26. The van der Waals surface area contributed by atoms with Gasteiger partial charge in [-0.05, 0) is 19.3 Å². The zero-order valence-corrected chi connectivity index (χ0v) is 11.1. The van der Waals surface area contributed by atoms with E-state index in [4.69, 9.17) is 15.4 Å². The molecule has 16 heavy (non-hydrogen) atoms. The maximum atomic E-state index is 12.1. The van der Waals surface area contributed by atoms with Gasteiger partial charge in [0.2, 0.25) is 7.37 Å². The molecule has 0 aromatic carbocycles. The fourth-order valence-corrected chi connectivity index (χ4v) is 3.38. The van der Waals surface area contributed by atoms with Crippen LogP contribution in [0.15, 0.2) is 0 Å². The van der Waals surface area contributed by atoms with E-state index in [-0.39, 0.29) is 18.4 Å². The van der Waals surface area contributed by atoms with E-state index in [0.29, 0.717) is 13.0 Å². The number of nitrogens with two attached hydrogens (primary N) is 1. The molecular formula is C10H22NO4P. The van der Waals surface area contributed by atoms with Crippen molar-refractivity contribution in [3.8, 4) is 0 Å². The second kappa shape index (κ2) is 7.05. The molecule has 0 bridgehead atoms. The molecule has 0 amide bonds. The van der Waals surface area contributed by atoms with E-state index in [9.17, 15) is 9.36 Å². The molecule has 0 aliphatic carbocycles. The number of hydrogen-bond donors (Lipinski definition) is 2. The van der Waals surface area contributed by atoms with Gasteiger partial charge >= 0.3 is 5.97 Å². The molecule has 0 radical (unpaired) electrons. The van der Waals surface area contributed by atoms with Crippen molar-refractivity contribution < 1.29 is 19.0 Å². The van der Waals surface area contributed by atoms with E-state index in [1.165, 1.54) is 0 Å². The third kappa shape index (κ3) is 5.64. The Kier molecular flexibility index (Phi) is 6.88. The summed E-state index contributed by atoms with van der Waals surface area (Å²) >= 11 is 0. The average Bonchev–Trinajstić information content (AvgIpc) is 2.16. The average molecular weight is 251 g/mol. The van der Waals surface area contributed by atoms with Crippen LogP contribution in [0.3, 0.4) is 0 Å². The van der Waals surface area contributed by atoms with Crippen LogP contribution in [0.2, 0.25) is 0 Å². The van der Waals surface area contributed by atoms with Crippen LogP contribution in [-0.4, -0.2) is 30.1 Å². The Morgan fingerprint density at radius 1 is 1.50 bits per heavy atom. The topological polar surface area (TPSA) is 89.6 Å². The molecule has 0 heterocycles. The first-order chi connectivity index (χ1) is 7.34. The highest BCUT2D eigenvalue weighted by molar-refractivity contribution is 7.58. The molecule has 0 aromatic heterocycles. The molecule has 0 fully saturated rings. The van der Waals surface area contributed by atoms with Gasteiger partial charge in [0.15, 0.2) is 0 Å². The van der Waals surface area contributed by atoms with Gasteiger partial charge in [0.1, 0.15) is 0 Å². The molecular weight excluding hydrogens is 229 g/mol. The smallest absolute Gasteiger partial charge is 0.307 e. The molecule has 0 aliphatic heterocycles. The highest BCUT2D eigenvalue weighted by Gasteiger charge is 2.30. The third-order valence-electron chi connectivity index (χ3n) is 2.25. The summed E-state index contributed by atoms with van der Waals surface area (Å²) < 4.78 is 17.2. The number of carboxylic acids is 1. The van der Waals surface area contributed by atoms with E-state index in [1.54, 1.807) is 6.92 Å². The molecule has 2 unspecified atom stereocenters. The van der Waals surface area contributed by atoms with Crippen molar-refractivity contribution in [1.82, 2.24) is 0 Å². The molecule has 0 aromatic rings. The van der Waals surface area contributed by atoms with Crippen LogP contribution in [0.4, 0.5) is 0 Å². The fraction of sp³-hybridized carbons (Fsp3) is 0.900. The summed E-state index contributed by atoms with van der Waals surface area (Å²) in [7, 11) is -2.97. The van der Waals surface area contributed by atoms with Crippen LogP contribution in [0.5, 0.6) is 0 Å². The number of aliphatic carboxylic acids is 1. The van der Waals surface area contributed by atoms with Crippen molar-refractivity contribution in [3.63, 3.8) is 0 Å². The van der Waals surface area contributed by atoms with Gasteiger partial charge in [0.25, 0.3) is 0 Å². The normalized spacial score (nSPS) is 17.1. The minimum Gasteiger partial charge on any atom is -0.481 e. The van der Waals surface area contributed by atoms with E-state index in [2.05, 4.69) is 0 Å². The first kappa shape index (κ1) is 15.6. The van der Waals surface area contributed by atoms with Crippen LogP contribution in [-0.2, 0) is 13.9 Å². The van der Waals surface area contributed by atoms with Crippen LogP contribution < -0.4 is 5.73 Å². The molecule has 0 aliphatic rings. The molecule has 3 N–H and O–H groups in total. The summed E-state index contributed by atoms with van der Waals surface area (Å²) in [5, 5.41) is 9.03. The van der Waals surface area contributed by atoms with Gasteiger partial charge in [-0.15, -0.1) is 0 Å². The summed E-state index contributed by atoms with van der Waals surface area (Å²) in [6, 6.07) is 0. The number of carboxylic acid groups (broad SMARTS) is 1. The number of carbonyl (C=O) groups is 1. The van der Waals surface area contributed by atoms with E-state index >= 15 is 0 Å². The zero-order valence-electron chi connectivity index (χ0n) is 10.2. The molecule has 0 saturated heterocycles. The predicted octanol–water partition coefficient (Wildman–Crippen LogP) is 1.96. The van der Waals surface area contributed by atoms with Crippen molar-refractivity contribution in [1.29, 1.82) is 0 Å². The lowest BCUT2D eigenvalue weighted by Crippen LogP contribution is -2.22. The molecule has 0 saturated carbocycles. The van der Waals surface area contributed by atoms with Gasteiger partial charge < -0.3 is 15.4 Å². The minimum absolute atomic E-state index is 0.0326. The van der Waals surface area contributed by atoms with E-state index < -0.39 is 19.3 Å². The van der Waals surface area contributed by atoms with Gasteiger partial charge in [0, 0.05) is 6.16 Å². The van der Waals surface area contributed by atoms with Crippen LogP contribution in [0.25, 0.3) is 0 Å². The van der Waals surface area contributed by atoms with Crippen LogP contribution >= 0.6 is 7.37 Å². The van der Waals surface area contributed by atoms with Crippen molar-refractivity contribution in [2.75, 3.05) is 19.1 Å². The van der Waals surface area contributed by atoms with Gasteiger partial charge in [0.05, 0.1) is 18.8 Å². The number of rotatable bonds is 8. The standard InChI is InChI=1S/C10H22NO4P/c1-4-15-16(14,7-11)6-9(10(12)13)5-8(2)3/h8-9H,4-7,11H2,1-3H3,(H,12,13). The second-order valence-corrected chi connectivity index (χ2v) is 6.88. The van der Waals surface area contributed by atoms with Crippen molar-refractivity contribution in [2.24, 2.45) is 17.6 Å². The summed E-state index contributed by atoms with van der Waals surface area (Å²) in [6.07, 6.45) is 0.431. The van der Waals surface area contributed by atoms with Crippen molar-refractivity contribution in [2.45, 2.75) is 27.2 Å². The quantitative estimate of drug-likeness (QED) is 0.644. The zero-order chi connectivity index (χ0) is 12.8.